The van der Waals surface area contributed by atoms with Gasteiger partial charge in [0.1, 0.15) is 35.6 Å². The number of ether oxygens (including phenoxy) is 7. The zero-order valence-corrected chi connectivity index (χ0v) is 31.0. The molecule has 1 fully saturated rings. The van der Waals surface area contributed by atoms with Crippen LogP contribution in [0.4, 0.5) is 0 Å². The number of benzene rings is 4. The molecule has 4 aromatic carbocycles. The molecule has 0 amide bonds. The van der Waals surface area contributed by atoms with Crippen molar-refractivity contribution < 1.29 is 62.5 Å². The van der Waals surface area contributed by atoms with Gasteiger partial charge in [0.15, 0.2) is 26.8 Å². The van der Waals surface area contributed by atoms with Crippen LogP contribution in [0.3, 0.4) is 0 Å². The quantitative estimate of drug-likeness (QED) is 0.0525. The topological polar surface area (TPSA) is 173 Å². The Balaban J connectivity index is 0.000000417. The number of aliphatic hydroxyl groups is 2. The molecule has 1 aliphatic rings. The molecule has 0 saturated carbocycles. The predicted molar refractivity (Wildman–Crippen MR) is 212 cm³/mol. The van der Waals surface area contributed by atoms with Crippen molar-refractivity contribution in [3.63, 3.8) is 0 Å². The van der Waals surface area contributed by atoms with Gasteiger partial charge in [-0.3, -0.25) is 9.59 Å². The van der Waals surface area contributed by atoms with Crippen molar-refractivity contribution in [2.45, 2.75) is 34.1 Å². The first-order valence-electron chi connectivity index (χ1n) is 17.4. The molecule has 1 aliphatic heterocycles. The van der Waals surface area contributed by atoms with Crippen LogP contribution in [0.5, 0.6) is 23.0 Å². The van der Waals surface area contributed by atoms with Crippen LogP contribution < -0.4 is 18.9 Å². The van der Waals surface area contributed by atoms with Gasteiger partial charge in [0.2, 0.25) is 0 Å². The van der Waals surface area contributed by atoms with E-state index in [0.29, 0.717) is 47.3 Å². The minimum absolute atomic E-state index is 0. The average molecular weight is 777 g/mol. The fraction of sp³-hybridized carbons (Fsp3) is 0.302. The first-order valence-corrected chi connectivity index (χ1v) is 17.4. The highest BCUT2D eigenvalue weighted by Gasteiger charge is 2.04. The summed E-state index contributed by atoms with van der Waals surface area (Å²) in [5, 5.41) is 17.0. The molecule has 0 spiro atoms. The summed E-state index contributed by atoms with van der Waals surface area (Å²) in [5.41, 5.74) is 3.19. The molecule has 0 aliphatic carbocycles. The van der Waals surface area contributed by atoms with E-state index in [1.807, 2.05) is 36.4 Å². The Bertz CT molecular complexity index is 1660. The maximum atomic E-state index is 11.2. The molecule has 4 aromatic rings. The smallest absolute Gasteiger partial charge is 0.344 e. The first-order chi connectivity index (χ1) is 26.8. The average Bonchev–Trinajstić information content (AvgIpc) is 3.82. The highest BCUT2D eigenvalue weighted by Crippen LogP contribution is 2.17. The number of carbonyl (C=O) groups is 4. The van der Waals surface area contributed by atoms with E-state index in [2.05, 4.69) is 4.74 Å². The Kier molecular flexibility index (Phi) is 26.0. The highest BCUT2D eigenvalue weighted by atomic mass is 16.6. The molecule has 0 radical (unpaired) electrons. The molecule has 56 heavy (non-hydrogen) atoms. The summed E-state index contributed by atoms with van der Waals surface area (Å²) < 4.78 is 34.6. The minimum atomic E-state index is -0.406. The van der Waals surface area contributed by atoms with Crippen molar-refractivity contribution in [3.05, 3.63) is 119 Å². The number of hydrogen-bond donors (Lipinski definition) is 2. The van der Waals surface area contributed by atoms with Crippen LogP contribution in [-0.4, -0.2) is 88.0 Å². The van der Waals surface area contributed by atoms with Crippen molar-refractivity contribution in [1.29, 1.82) is 0 Å². The van der Waals surface area contributed by atoms with Gasteiger partial charge < -0.3 is 43.4 Å². The fourth-order valence-electron chi connectivity index (χ4n) is 4.18. The van der Waals surface area contributed by atoms with Gasteiger partial charge in [-0.25, -0.2) is 9.59 Å². The molecule has 13 heteroatoms. The van der Waals surface area contributed by atoms with Gasteiger partial charge in [0.25, 0.3) is 0 Å². The molecule has 13 nitrogen and oxygen atoms in total. The van der Waals surface area contributed by atoms with E-state index in [1.165, 1.54) is 12.8 Å². The summed E-state index contributed by atoms with van der Waals surface area (Å²) in [6, 6.07) is 27.8. The molecular formula is C43H52O13. The molecular weight excluding hydrogens is 724 g/mol. The van der Waals surface area contributed by atoms with Crippen molar-refractivity contribution in [1.82, 2.24) is 0 Å². The standard InChI is InChI=1S/C19H20O5.C11H12O4.C8H8O3.C4H8O.CH4/c1-2-22-19(21)13-23-17-9-5-15(6-10-17)3-4-16-7-11-18(12-8-16)24-14-20;1-2-14-11(13)8-15-10-5-3-9(7-12)4-6-10;9-5-7-1-3-8(4-2-7)11-6-10;1-2-4-5-3-1;/h3-12,20H,2,13-14H2,1H3;3-7H,2,8H2,1H3;1-5,10H,6H2;1-4H2;1H4/b4-3+;;;;. The van der Waals surface area contributed by atoms with Gasteiger partial charge in [-0.15, -0.1) is 0 Å². The Morgan fingerprint density at radius 1 is 0.536 bits per heavy atom. The first kappa shape index (κ1) is 48.0. The minimum Gasteiger partial charge on any atom is -0.482 e. The molecule has 302 valence electrons. The number of esters is 2. The van der Waals surface area contributed by atoms with Crippen LogP contribution in [0.1, 0.15) is 66.0 Å². The van der Waals surface area contributed by atoms with E-state index < -0.39 is 5.97 Å². The molecule has 0 bridgehead atoms. The summed E-state index contributed by atoms with van der Waals surface area (Å²) in [4.78, 5) is 42.7. The van der Waals surface area contributed by atoms with Crippen LogP contribution in [0.15, 0.2) is 97.1 Å². The highest BCUT2D eigenvalue weighted by molar-refractivity contribution is 5.75. The molecule has 0 atom stereocenters. The Morgan fingerprint density at radius 2 is 0.839 bits per heavy atom. The van der Waals surface area contributed by atoms with Crippen molar-refractivity contribution in [2.24, 2.45) is 0 Å². The lowest BCUT2D eigenvalue weighted by molar-refractivity contribution is -0.146. The lowest BCUT2D eigenvalue weighted by Crippen LogP contribution is -2.14. The van der Waals surface area contributed by atoms with Gasteiger partial charge in [-0.1, -0.05) is 43.8 Å². The fourth-order valence-corrected chi connectivity index (χ4v) is 4.18. The number of aliphatic hydroxyl groups excluding tert-OH is 2. The monoisotopic (exact) mass is 776 g/mol. The summed E-state index contributed by atoms with van der Waals surface area (Å²) in [6.45, 7) is 5.29. The predicted octanol–water partition coefficient (Wildman–Crippen LogP) is 6.83. The molecule has 1 heterocycles. The van der Waals surface area contributed by atoms with Crippen LogP contribution >= 0.6 is 0 Å². The van der Waals surface area contributed by atoms with E-state index >= 15 is 0 Å². The van der Waals surface area contributed by atoms with Crippen molar-refractivity contribution in [3.8, 4) is 23.0 Å². The normalized spacial score (nSPS) is 11.0. The molecule has 0 unspecified atom stereocenters. The lowest BCUT2D eigenvalue weighted by Gasteiger charge is -2.05. The van der Waals surface area contributed by atoms with Gasteiger partial charge in [0, 0.05) is 24.3 Å². The molecule has 5 rings (SSSR count). The van der Waals surface area contributed by atoms with E-state index in [9.17, 15) is 19.2 Å². The number of hydrogen-bond acceptors (Lipinski definition) is 13. The summed E-state index contributed by atoms with van der Waals surface area (Å²) in [7, 11) is 0. The van der Waals surface area contributed by atoms with E-state index in [0.717, 1.165) is 36.9 Å². The second-order valence-corrected chi connectivity index (χ2v) is 10.9. The maximum absolute atomic E-state index is 11.2. The summed E-state index contributed by atoms with van der Waals surface area (Å²) >= 11 is 0. The number of rotatable bonds is 16. The van der Waals surface area contributed by atoms with E-state index in [-0.39, 0.29) is 40.2 Å². The number of carbonyl (C=O) groups excluding carboxylic acids is 4. The largest absolute Gasteiger partial charge is 0.482 e. The maximum Gasteiger partial charge on any atom is 0.344 e. The second-order valence-electron chi connectivity index (χ2n) is 10.9. The van der Waals surface area contributed by atoms with E-state index in [4.69, 9.17) is 38.6 Å². The summed E-state index contributed by atoms with van der Waals surface area (Å²) in [6.07, 6.45) is 7.99. The van der Waals surface area contributed by atoms with Gasteiger partial charge in [-0.2, -0.15) is 0 Å². The van der Waals surface area contributed by atoms with Gasteiger partial charge in [-0.05, 0) is 111 Å². The van der Waals surface area contributed by atoms with Gasteiger partial charge >= 0.3 is 11.9 Å². The Hall–Kier alpha value is -6.02. The third-order valence-corrected chi connectivity index (χ3v) is 6.87. The second kappa shape index (κ2) is 30.3. The van der Waals surface area contributed by atoms with Crippen LogP contribution in [-0.2, 0) is 23.8 Å². The zero-order chi connectivity index (χ0) is 39.9. The van der Waals surface area contributed by atoms with E-state index in [1.54, 1.807) is 86.6 Å². The van der Waals surface area contributed by atoms with Crippen LogP contribution in [0, 0.1) is 0 Å². The number of aldehydes is 2. The van der Waals surface area contributed by atoms with Crippen molar-refractivity contribution >= 4 is 36.7 Å². The molecule has 1 saturated heterocycles. The third-order valence-electron chi connectivity index (χ3n) is 6.87. The third kappa shape index (κ3) is 21.6. The summed E-state index contributed by atoms with van der Waals surface area (Å²) in [5.74, 6) is 1.54. The lowest BCUT2D eigenvalue weighted by atomic mass is 10.1. The SMILES string of the molecule is C.C1CCOC1.CCOC(=O)COc1ccc(/C=C/c2ccc(OCO)cc2)cc1.CCOC(=O)COc1ccc(C=O)cc1.O=Cc1ccc(OCO)cc1. The zero-order valence-electron chi connectivity index (χ0n) is 31.0. The van der Waals surface area contributed by atoms with Crippen LogP contribution in [0.2, 0.25) is 0 Å². The molecule has 2 N–H and O–H groups in total. The molecule has 0 aromatic heterocycles. The van der Waals surface area contributed by atoms with Gasteiger partial charge in [0.05, 0.1) is 13.2 Å². The van der Waals surface area contributed by atoms with Crippen LogP contribution in [0.25, 0.3) is 12.2 Å². The Morgan fingerprint density at radius 3 is 1.09 bits per heavy atom. The van der Waals surface area contributed by atoms with Crippen molar-refractivity contribution in [2.75, 3.05) is 53.2 Å². The Labute approximate surface area is 328 Å².